The highest BCUT2D eigenvalue weighted by Crippen LogP contribution is 2.40. The Kier molecular flexibility index (Phi) is 5.29. The van der Waals surface area contributed by atoms with Crippen LogP contribution in [-0.4, -0.2) is 32.3 Å². The molecule has 1 aliphatic rings. The molecule has 1 aromatic heterocycles. The van der Waals surface area contributed by atoms with Gasteiger partial charge in [0.05, 0.1) is 5.75 Å². The van der Waals surface area contributed by atoms with Crippen molar-refractivity contribution in [3.63, 3.8) is 0 Å². The van der Waals surface area contributed by atoms with Crippen molar-refractivity contribution in [1.82, 2.24) is 14.8 Å². The number of halogens is 1. The second kappa shape index (κ2) is 7.45. The summed E-state index contributed by atoms with van der Waals surface area (Å²) in [7, 11) is 0. The van der Waals surface area contributed by atoms with Crippen LogP contribution in [0.5, 0.6) is 0 Å². The van der Waals surface area contributed by atoms with E-state index in [2.05, 4.69) is 15.5 Å². The van der Waals surface area contributed by atoms with Crippen LogP contribution in [0.4, 0.5) is 5.69 Å². The van der Waals surface area contributed by atoms with E-state index in [4.69, 9.17) is 17.3 Å². The maximum Gasteiger partial charge on any atom is 0.237 e. The average molecular weight is 380 g/mol. The highest BCUT2D eigenvalue weighted by molar-refractivity contribution is 7.99. The Morgan fingerprint density at radius 2 is 2.16 bits per heavy atom. The van der Waals surface area contributed by atoms with Gasteiger partial charge in [0, 0.05) is 16.6 Å². The Morgan fingerprint density at radius 3 is 2.84 bits per heavy atom. The van der Waals surface area contributed by atoms with Crippen molar-refractivity contribution in [2.75, 3.05) is 11.1 Å². The van der Waals surface area contributed by atoms with E-state index in [0.29, 0.717) is 21.8 Å². The van der Waals surface area contributed by atoms with Crippen molar-refractivity contribution >= 4 is 40.9 Å². The quantitative estimate of drug-likeness (QED) is 0.718. The third-order valence-electron chi connectivity index (χ3n) is 3.81. The number of anilines is 1. The Balaban J connectivity index is 1.65. The molecule has 7 nitrogen and oxygen atoms in total. The lowest BCUT2D eigenvalue weighted by atomic mass is 10.2. The highest BCUT2D eigenvalue weighted by atomic mass is 35.5. The molecule has 0 saturated heterocycles. The Labute approximate surface area is 154 Å². The third-order valence-corrected chi connectivity index (χ3v) is 5.01. The molecule has 3 N–H and O–H groups in total. The standard InChI is InChI=1S/C16H18ClN5O2S/c1-9-2-5-11(17)6-12(9)19-14(24)8-25-16-21-20-15(10-3-4-10)22(16)7-13(18)23/h2,5-6,10H,3-4,7-8H2,1H3,(H2,18,23)(H,19,24). The summed E-state index contributed by atoms with van der Waals surface area (Å²) in [5.41, 5.74) is 6.92. The Morgan fingerprint density at radius 1 is 1.40 bits per heavy atom. The van der Waals surface area contributed by atoms with E-state index in [1.165, 1.54) is 11.8 Å². The average Bonchev–Trinajstić information content (AvgIpc) is 3.31. The van der Waals surface area contributed by atoms with Crippen LogP contribution in [0.25, 0.3) is 0 Å². The number of thioether (sulfide) groups is 1. The molecule has 1 aliphatic carbocycles. The lowest BCUT2D eigenvalue weighted by Gasteiger charge is -2.09. The summed E-state index contributed by atoms with van der Waals surface area (Å²) in [6.45, 7) is 1.92. The second-order valence-electron chi connectivity index (χ2n) is 5.96. The van der Waals surface area contributed by atoms with Gasteiger partial charge in [0.15, 0.2) is 5.16 Å². The summed E-state index contributed by atoms with van der Waals surface area (Å²) in [5.74, 6) is 0.615. The number of nitrogens with one attached hydrogen (secondary N) is 1. The topological polar surface area (TPSA) is 103 Å². The van der Waals surface area contributed by atoms with Gasteiger partial charge in [0.2, 0.25) is 11.8 Å². The number of hydrogen-bond acceptors (Lipinski definition) is 5. The number of benzene rings is 1. The SMILES string of the molecule is Cc1ccc(Cl)cc1NC(=O)CSc1nnc(C2CC2)n1CC(N)=O. The minimum atomic E-state index is -0.456. The largest absolute Gasteiger partial charge is 0.368 e. The molecule has 3 rings (SSSR count). The molecule has 1 aromatic carbocycles. The summed E-state index contributed by atoms with van der Waals surface area (Å²) in [5, 5.41) is 12.2. The van der Waals surface area contributed by atoms with Crippen molar-refractivity contribution in [1.29, 1.82) is 0 Å². The van der Waals surface area contributed by atoms with Crippen molar-refractivity contribution in [2.24, 2.45) is 5.73 Å². The normalized spacial score (nSPS) is 13.7. The van der Waals surface area contributed by atoms with Crippen molar-refractivity contribution in [2.45, 2.75) is 37.4 Å². The molecule has 1 saturated carbocycles. The van der Waals surface area contributed by atoms with E-state index in [1.807, 2.05) is 13.0 Å². The van der Waals surface area contributed by atoms with E-state index < -0.39 is 5.91 Å². The van der Waals surface area contributed by atoms with E-state index in [9.17, 15) is 9.59 Å². The van der Waals surface area contributed by atoms with Gasteiger partial charge in [0.1, 0.15) is 12.4 Å². The van der Waals surface area contributed by atoms with Crippen LogP contribution in [0, 0.1) is 6.92 Å². The maximum absolute atomic E-state index is 12.2. The molecular formula is C16H18ClN5O2S. The number of aryl methyl sites for hydroxylation is 1. The monoisotopic (exact) mass is 379 g/mol. The van der Waals surface area contributed by atoms with Gasteiger partial charge in [-0.1, -0.05) is 29.4 Å². The Bertz CT molecular complexity index is 819. The molecule has 2 aromatic rings. The number of primary amides is 1. The van der Waals surface area contributed by atoms with Gasteiger partial charge >= 0.3 is 0 Å². The number of carbonyl (C=O) groups is 2. The number of hydrogen-bond donors (Lipinski definition) is 2. The fraction of sp³-hybridized carbons (Fsp3) is 0.375. The molecule has 0 spiro atoms. The molecular weight excluding hydrogens is 362 g/mol. The first-order chi connectivity index (χ1) is 11.9. The first-order valence-electron chi connectivity index (χ1n) is 7.84. The predicted octanol–water partition coefficient (Wildman–Crippen LogP) is 2.33. The zero-order chi connectivity index (χ0) is 18.0. The number of amides is 2. The van der Waals surface area contributed by atoms with E-state index in [-0.39, 0.29) is 18.2 Å². The fourth-order valence-corrected chi connectivity index (χ4v) is 3.32. The van der Waals surface area contributed by atoms with Gasteiger partial charge in [0.25, 0.3) is 0 Å². The number of nitrogens with two attached hydrogens (primary N) is 1. The van der Waals surface area contributed by atoms with Gasteiger partial charge in [-0.05, 0) is 37.5 Å². The number of carbonyl (C=O) groups excluding carboxylic acids is 2. The summed E-state index contributed by atoms with van der Waals surface area (Å²) in [6, 6.07) is 5.32. The fourth-order valence-electron chi connectivity index (χ4n) is 2.40. The van der Waals surface area contributed by atoms with Crippen molar-refractivity contribution in [3.8, 4) is 0 Å². The van der Waals surface area contributed by atoms with Crippen molar-refractivity contribution in [3.05, 3.63) is 34.6 Å². The number of aromatic nitrogens is 3. The summed E-state index contributed by atoms with van der Waals surface area (Å²) < 4.78 is 1.71. The lowest BCUT2D eigenvalue weighted by molar-refractivity contribution is -0.118. The second-order valence-corrected chi connectivity index (χ2v) is 7.34. The smallest absolute Gasteiger partial charge is 0.237 e. The molecule has 1 heterocycles. The first-order valence-corrected chi connectivity index (χ1v) is 9.20. The predicted molar refractivity (Wildman–Crippen MR) is 96.7 cm³/mol. The van der Waals surface area contributed by atoms with Gasteiger partial charge in [-0.2, -0.15) is 0 Å². The van der Waals surface area contributed by atoms with Crippen LogP contribution in [0.1, 0.15) is 30.1 Å². The van der Waals surface area contributed by atoms with Gasteiger partial charge in [-0.15, -0.1) is 10.2 Å². The maximum atomic E-state index is 12.2. The van der Waals surface area contributed by atoms with Gasteiger partial charge < -0.3 is 11.1 Å². The zero-order valence-corrected chi connectivity index (χ0v) is 15.2. The van der Waals surface area contributed by atoms with Crippen LogP contribution < -0.4 is 11.1 Å². The molecule has 9 heteroatoms. The van der Waals surface area contributed by atoms with Gasteiger partial charge in [-0.25, -0.2) is 0 Å². The molecule has 25 heavy (non-hydrogen) atoms. The first kappa shape index (κ1) is 17.8. The minimum Gasteiger partial charge on any atom is -0.368 e. The van der Waals surface area contributed by atoms with Crippen LogP contribution in [0.15, 0.2) is 23.4 Å². The third kappa shape index (κ3) is 4.52. The number of rotatable bonds is 7. The molecule has 132 valence electrons. The molecule has 0 unspecified atom stereocenters. The summed E-state index contributed by atoms with van der Waals surface area (Å²) in [6.07, 6.45) is 2.08. The van der Waals surface area contributed by atoms with Crippen LogP contribution in [-0.2, 0) is 16.1 Å². The highest BCUT2D eigenvalue weighted by Gasteiger charge is 2.31. The van der Waals surface area contributed by atoms with Gasteiger partial charge in [-0.3, -0.25) is 14.2 Å². The minimum absolute atomic E-state index is 0.0240. The van der Waals surface area contributed by atoms with E-state index >= 15 is 0 Å². The van der Waals surface area contributed by atoms with E-state index in [1.54, 1.807) is 16.7 Å². The van der Waals surface area contributed by atoms with Crippen LogP contribution >= 0.6 is 23.4 Å². The van der Waals surface area contributed by atoms with Crippen LogP contribution in [0.2, 0.25) is 5.02 Å². The van der Waals surface area contributed by atoms with E-state index in [0.717, 1.165) is 24.2 Å². The van der Waals surface area contributed by atoms with Crippen LogP contribution in [0.3, 0.4) is 0 Å². The summed E-state index contributed by atoms with van der Waals surface area (Å²) in [4.78, 5) is 23.5. The molecule has 0 bridgehead atoms. The molecule has 0 aliphatic heterocycles. The lowest BCUT2D eigenvalue weighted by Crippen LogP contribution is -2.21. The molecule has 0 atom stereocenters. The number of nitrogens with zero attached hydrogens (tertiary/aromatic N) is 3. The molecule has 2 amide bonds. The Hall–Kier alpha value is -2.06. The molecule has 0 radical (unpaired) electrons. The zero-order valence-electron chi connectivity index (χ0n) is 13.7. The summed E-state index contributed by atoms with van der Waals surface area (Å²) >= 11 is 7.19. The molecule has 1 fully saturated rings. The van der Waals surface area contributed by atoms with Crippen molar-refractivity contribution < 1.29 is 9.59 Å².